The average molecular weight is 442 g/mol. The molecule has 2 aromatic rings. The van der Waals surface area contributed by atoms with Crippen molar-refractivity contribution in [2.75, 3.05) is 6.61 Å². The van der Waals surface area contributed by atoms with Gasteiger partial charge in [0.05, 0.1) is 18.1 Å². The van der Waals surface area contributed by atoms with E-state index in [4.69, 9.17) is 4.74 Å². The highest BCUT2D eigenvalue weighted by atomic mass is 32.1. The molecule has 1 aliphatic heterocycles. The van der Waals surface area contributed by atoms with Crippen LogP contribution in [0.1, 0.15) is 60.1 Å². The van der Waals surface area contributed by atoms with Gasteiger partial charge in [-0.1, -0.05) is 19.9 Å². The number of ketones is 1. The normalized spacial score (nSPS) is 21.7. The minimum Gasteiger partial charge on any atom is -0.462 e. The molecule has 2 aliphatic rings. The number of Topliss-reactive ketones (excluding diaryl/α,β-unsaturated/α-hetero) is 1. The zero-order valence-corrected chi connectivity index (χ0v) is 19.4. The van der Waals surface area contributed by atoms with Crippen LogP contribution in [-0.2, 0) is 14.3 Å². The predicted octanol–water partition coefficient (Wildman–Crippen LogP) is 5.68. The Balaban J connectivity index is 1.75. The molecule has 158 valence electrons. The van der Waals surface area contributed by atoms with Crippen LogP contribution in [0, 0.1) is 12.8 Å². The number of hydrogen-bond donors (Lipinski definition) is 1. The van der Waals surface area contributed by atoms with E-state index in [9.17, 15) is 9.59 Å². The van der Waals surface area contributed by atoms with E-state index in [2.05, 4.69) is 22.8 Å². The summed E-state index contributed by atoms with van der Waals surface area (Å²) < 4.78 is 5.60. The van der Waals surface area contributed by atoms with E-state index < -0.39 is 0 Å². The highest BCUT2D eigenvalue weighted by Crippen LogP contribution is 2.47. The van der Waals surface area contributed by atoms with Crippen LogP contribution in [0.4, 0.5) is 0 Å². The molecule has 2 atom stereocenters. The Morgan fingerprint density at radius 2 is 2.00 bits per heavy atom. The third-order valence-corrected chi connectivity index (χ3v) is 7.69. The number of thiophene rings is 2. The average Bonchev–Trinajstić information content (AvgIpc) is 3.36. The lowest BCUT2D eigenvalue weighted by atomic mass is 9.74. The van der Waals surface area contributed by atoms with Gasteiger partial charge in [0.1, 0.15) is 0 Å². The second-order valence-corrected chi connectivity index (χ2v) is 10.8. The van der Waals surface area contributed by atoms with Crippen LogP contribution in [0.2, 0.25) is 0 Å². The Morgan fingerprint density at radius 3 is 2.63 bits per heavy atom. The molecule has 0 fully saturated rings. The maximum atomic E-state index is 13.4. The number of rotatable bonds is 5. The molecule has 4 rings (SSSR count). The van der Waals surface area contributed by atoms with E-state index in [-0.39, 0.29) is 29.5 Å². The first kappa shape index (κ1) is 21.1. The van der Waals surface area contributed by atoms with Gasteiger partial charge in [0, 0.05) is 43.9 Å². The van der Waals surface area contributed by atoms with Gasteiger partial charge < -0.3 is 10.1 Å². The molecule has 0 saturated carbocycles. The van der Waals surface area contributed by atoms with Crippen LogP contribution in [0.15, 0.2) is 52.2 Å². The van der Waals surface area contributed by atoms with Crippen molar-refractivity contribution in [3.63, 3.8) is 0 Å². The lowest BCUT2D eigenvalue weighted by Gasteiger charge is -2.36. The zero-order chi connectivity index (χ0) is 21.4. The lowest BCUT2D eigenvalue weighted by Crippen LogP contribution is -2.36. The first-order valence-electron chi connectivity index (χ1n) is 10.4. The Bertz CT molecular complexity index is 1030. The number of nitrogens with one attached hydrogen (secondary N) is 1. The van der Waals surface area contributed by atoms with Gasteiger partial charge in [0.2, 0.25) is 0 Å². The van der Waals surface area contributed by atoms with Gasteiger partial charge in [-0.25, -0.2) is 4.79 Å². The number of esters is 1. The molecule has 0 unspecified atom stereocenters. The first-order valence-corrected chi connectivity index (χ1v) is 12.1. The van der Waals surface area contributed by atoms with Crippen molar-refractivity contribution in [1.29, 1.82) is 0 Å². The smallest absolute Gasteiger partial charge is 0.336 e. The van der Waals surface area contributed by atoms with E-state index in [0.717, 1.165) is 33.1 Å². The summed E-state index contributed by atoms with van der Waals surface area (Å²) in [7, 11) is 0. The number of carbonyl (C=O) groups is 2. The van der Waals surface area contributed by atoms with Crippen molar-refractivity contribution in [1.82, 2.24) is 5.32 Å². The van der Waals surface area contributed by atoms with Crippen molar-refractivity contribution in [3.05, 3.63) is 66.8 Å². The van der Waals surface area contributed by atoms with E-state index in [1.807, 2.05) is 39.8 Å². The lowest BCUT2D eigenvalue weighted by molar-refractivity contribution is -0.140. The first-order chi connectivity index (χ1) is 14.3. The van der Waals surface area contributed by atoms with Gasteiger partial charge in [0.25, 0.3) is 0 Å². The summed E-state index contributed by atoms with van der Waals surface area (Å²) in [4.78, 5) is 29.9. The molecular weight excluding hydrogens is 414 g/mol. The quantitative estimate of drug-likeness (QED) is 0.607. The number of dihydropyridines is 1. The molecule has 6 heteroatoms. The molecule has 0 saturated heterocycles. The third kappa shape index (κ3) is 4.03. The van der Waals surface area contributed by atoms with Gasteiger partial charge in [-0.15, -0.1) is 22.7 Å². The highest BCUT2D eigenvalue weighted by molar-refractivity contribution is 7.12. The summed E-state index contributed by atoms with van der Waals surface area (Å²) in [5, 5.41) is 5.47. The molecule has 0 aromatic carbocycles. The van der Waals surface area contributed by atoms with Crippen LogP contribution in [0.3, 0.4) is 0 Å². The number of carbonyl (C=O) groups excluding carboxylic acids is 2. The van der Waals surface area contributed by atoms with Gasteiger partial charge in [-0.3, -0.25) is 4.79 Å². The summed E-state index contributed by atoms with van der Waals surface area (Å²) in [6.07, 6.45) is 1.27. The number of hydrogen-bond acceptors (Lipinski definition) is 6. The van der Waals surface area contributed by atoms with Crippen LogP contribution in [0.5, 0.6) is 0 Å². The molecule has 1 aliphatic carbocycles. The molecule has 0 bridgehead atoms. The number of allylic oxidation sites excluding steroid dienone is 3. The fourth-order valence-corrected chi connectivity index (χ4v) is 6.08. The summed E-state index contributed by atoms with van der Waals surface area (Å²) in [5.74, 6) is -0.107. The Hall–Kier alpha value is -2.18. The predicted molar refractivity (Wildman–Crippen MR) is 122 cm³/mol. The molecule has 1 N–H and O–H groups in total. The van der Waals surface area contributed by atoms with Crippen molar-refractivity contribution in [2.24, 2.45) is 5.92 Å². The molecular formula is C24H27NO3S2. The Morgan fingerprint density at radius 1 is 1.20 bits per heavy atom. The molecule has 4 nitrogen and oxygen atoms in total. The summed E-state index contributed by atoms with van der Waals surface area (Å²) in [5.41, 5.74) is 3.06. The second kappa shape index (κ2) is 8.52. The molecule has 2 aromatic heterocycles. The largest absolute Gasteiger partial charge is 0.462 e. The fraction of sp³-hybridized carbons (Fsp3) is 0.417. The van der Waals surface area contributed by atoms with E-state index in [0.29, 0.717) is 18.6 Å². The van der Waals surface area contributed by atoms with Crippen LogP contribution >= 0.6 is 22.7 Å². The SMILES string of the molecule is CC1=C(C(=O)OCC(C)C)[C@H](c2ccc(C)s2)C2=C(C[C@@H](c3cccs3)CC2=O)N1. The topological polar surface area (TPSA) is 55.4 Å². The van der Waals surface area contributed by atoms with Gasteiger partial charge in [0.15, 0.2) is 5.78 Å². The minimum atomic E-state index is -0.351. The zero-order valence-electron chi connectivity index (χ0n) is 17.8. The highest BCUT2D eigenvalue weighted by Gasteiger charge is 2.42. The molecule has 0 amide bonds. The van der Waals surface area contributed by atoms with Crippen molar-refractivity contribution in [2.45, 2.75) is 52.4 Å². The molecule has 30 heavy (non-hydrogen) atoms. The van der Waals surface area contributed by atoms with Crippen molar-refractivity contribution >= 4 is 34.4 Å². The molecule has 3 heterocycles. The summed E-state index contributed by atoms with van der Waals surface area (Å²) in [6, 6.07) is 8.24. The summed E-state index contributed by atoms with van der Waals surface area (Å²) >= 11 is 3.34. The van der Waals surface area contributed by atoms with Crippen LogP contribution in [0.25, 0.3) is 0 Å². The maximum absolute atomic E-state index is 13.4. The second-order valence-electron chi connectivity index (χ2n) is 8.47. The van der Waals surface area contributed by atoms with Gasteiger partial charge in [-0.05, 0) is 49.8 Å². The maximum Gasteiger partial charge on any atom is 0.336 e. The number of aryl methyl sites for hydroxylation is 1. The van der Waals surface area contributed by atoms with Gasteiger partial charge >= 0.3 is 5.97 Å². The molecule has 0 radical (unpaired) electrons. The monoisotopic (exact) mass is 441 g/mol. The van der Waals surface area contributed by atoms with Crippen LogP contribution in [-0.4, -0.2) is 18.4 Å². The fourth-order valence-electron chi connectivity index (χ4n) is 4.25. The summed E-state index contributed by atoms with van der Waals surface area (Å²) in [6.45, 7) is 8.37. The number of ether oxygens (including phenoxy) is 1. The van der Waals surface area contributed by atoms with E-state index in [1.54, 1.807) is 22.7 Å². The van der Waals surface area contributed by atoms with Crippen molar-refractivity contribution in [3.8, 4) is 0 Å². The van der Waals surface area contributed by atoms with E-state index >= 15 is 0 Å². The van der Waals surface area contributed by atoms with Gasteiger partial charge in [-0.2, -0.15) is 0 Å². The minimum absolute atomic E-state index is 0.125. The standard InChI is InChI=1S/C24H27NO3S2/c1-13(2)12-28-24(27)21-15(4)25-17-10-16(19-6-5-9-29-19)11-18(26)22(17)23(21)20-8-7-14(3)30-20/h5-9,13,16,23,25H,10-12H2,1-4H3/t16-,23+/m1/s1. The Labute approximate surface area is 185 Å². The molecule has 0 spiro atoms. The van der Waals surface area contributed by atoms with Crippen LogP contribution < -0.4 is 5.32 Å². The van der Waals surface area contributed by atoms with E-state index in [1.165, 1.54) is 4.88 Å². The third-order valence-electron chi connectivity index (χ3n) is 5.59. The van der Waals surface area contributed by atoms with Crippen molar-refractivity contribution < 1.29 is 14.3 Å². The Kier molecular flexibility index (Phi) is 5.98.